The SMILES string of the molecule is COC(=O)c1ccc(CNc2ccc3[nH]ncc3c2)[nH]1. The highest BCUT2D eigenvalue weighted by molar-refractivity contribution is 5.87. The van der Waals surface area contributed by atoms with Crippen molar-refractivity contribution in [2.24, 2.45) is 0 Å². The van der Waals surface area contributed by atoms with Crippen LogP contribution in [0.4, 0.5) is 5.69 Å². The van der Waals surface area contributed by atoms with E-state index in [1.165, 1.54) is 7.11 Å². The van der Waals surface area contributed by atoms with Crippen LogP contribution in [0.25, 0.3) is 10.9 Å². The van der Waals surface area contributed by atoms with E-state index in [0.29, 0.717) is 12.2 Å². The molecule has 3 aromatic rings. The van der Waals surface area contributed by atoms with Gasteiger partial charge in [0.25, 0.3) is 0 Å². The monoisotopic (exact) mass is 270 g/mol. The summed E-state index contributed by atoms with van der Waals surface area (Å²) in [5.41, 5.74) is 3.36. The Morgan fingerprint density at radius 1 is 1.35 bits per heavy atom. The molecule has 0 bridgehead atoms. The van der Waals surface area contributed by atoms with Crippen molar-refractivity contribution in [2.45, 2.75) is 6.54 Å². The van der Waals surface area contributed by atoms with Gasteiger partial charge >= 0.3 is 5.97 Å². The molecule has 2 aromatic heterocycles. The standard InChI is InChI=1S/C14H14N4O2/c1-20-14(19)13-5-3-11(17-13)8-15-10-2-4-12-9(6-10)7-16-18-12/h2-7,15,17H,8H2,1H3,(H,16,18). The Balaban J connectivity index is 1.69. The third-order valence-electron chi connectivity index (χ3n) is 3.07. The van der Waals surface area contributed by atoms with Gasteiger partial charge in [-0.2, -0.15) is 5.10 Å². The first kappa shape index (κ1) is 12.3. The van der Waals surface area contributed by atoms with Crippen LogP contribution in [-0.4, -0.2) is 28.3 Å². The molecule has 2 heterocycles. The number of anilines is 1. The highest BCUT2D eigenvalue weighted by Crippen LogP contribution is 2.17. The van der Waals surface area contributed by atoms with E-state index < -0.39 is 0 Å². The summed E-state index contributed by atoms with van der Waals surface area (Å²) in [7, 11) is 1.36. The van der Waals surface area contributed by atoms with Crippen LogP contribution >= 0.6 is 0 Å². The molecule has 0 aliphatic rings. The smallest absolute Gasteiger partial charge is 0.354 e. The van der Waals surface area contributed by atoms with Crippen LogP contribution in [0.1, 0.15) is 16.2 Å². The minimum atomic E-state index is -0.365. The van der Waals surface area contributed by atoms with Crippen molar-refractivity contribution in [2.75, 3.05) is 12.4 Å². The van der Waals surface area contributed by atoms with Crippen LogP contribution in [0.15, 0.2) is 36.5 Å². The highest BCUT2D eigenvalue weighted by Gasteiger charge is 2.07. The fraction of sp³-hybridized carbons (Fsp3) is 0.143. The fourth-order valence-electron chi connectivity index (χ4n) is 2.02. The highest BCUT2D eigenvalue weighted by atomic mass is 16.5. The number of H-pyrrole nitrogens is 2. The van der Waals surface area contributed by atoms with Crippen molar-refractivity contribution in [3.63, 3.8) is 0 Å². The summed E-state index contributed by atoms with van der Waals surface area (Å²) < 4.78 is 4.65. The summed E-state index contributed by atoms with van der Waals surface area (Å²) in [5.74, 6) is -0.365. The van der Waals surface area contributed by atoms with Gasteiger partial charge in [0.05, 0.1) is 25.4 Å². The number of hydrogen-bond acceptors (Lipinski definition) is 4. The lowest BCUT2D eigenvalue weighted by molar-refractivity contribution is 0.0594. The molecule has 0 fully saturated rings. The maximum absolute atomic E-state index is 11.3. The second-order valence-electron chi connectivity index (χ2n) is 4.41. The zero-order chi connectivity index (χ0) is 13.9. The van der Waals surface area contributed by atoms with Gasteiger partial charge in [0.1, 0.15) is 5.69 Å². The summed E-state index contributed by atoms with van der Waals surface area (Å²) in [6, 6.07) is 9.53. The number of fused-ring (bicyclic) bond motifs is 1. The minimum Gasteiger partial charge on any atom is -0.464 e. The molecule has 0 aliphatic heterocycles. The van der Waals surface area contributed by atoms with Crippen LogP contribution in [0.3, 0.4) is 0 Å². The van der Waals surface area contributed by atoms with Gasteiger partial charge in [0.15, 0.2) is 0 Å². The number of hydrogen-bond donors (Lipinski definition) is 3. The minimum absolute atomic E-state index is 0.365. The first-order chi connectivity index (χ1) is 9.76. The molecule has 0 aliphatic carbocycles. The Kier molecular flexibility index (Phi) is 3.12. The van der Waals surface area contributed by atoms with Crippen molar-refractivity contribution >= 4 is 22.6 Å². The second kappa shape index (κ2) is 5.08. The number of benzene rings is 1. The van der Waals surface area contributed by atoms with Gasteiger partial charge in [0.2, 0.25) is 0 Å². The molecule has 3 rings (SSSR count). The number of methoxy groups -OCH3 is 1. The predicted molar refractivity (Wildman–Crippen MR) is 75.6 cm³/mol. The van der Waals surface area contributed by atoms with Gasteiger partial charge in [-0.25, -0.2) is 4.79 Å². The third kappa shape index (κ3) is 2.35. The van der Waals surface area contributed by atoms with E-state index in [-0.39, 0.29) is 5.97 Å². The van der Waals surface area contributed by atoms with Gasteiger partial charge < -0.3 is 15.0 Å². The Hall–Kier alpha value is -2.76. The van der Waals surface area contributed by atoms with E-state index in [0.717, 1.165) is 22.3 Å². The Labute approximate surface area is 115 Å². The second-order valence-corrected chi connectivity index (χ2v) is 4.41. The molecule has 1 aromatic carbocycles. The van der Waals surface area contributed by atoms with Crippen LogP contribution in [0, 0.1) is 0 Å². The molecule has 0 radical (unpaired) electrons. The van der Waals surface area contributed by atoms with Gasteiger partial charge in [-0.15, -0.1) is 0 Å². The third-order valence-corrected chi connectivity index (χ3v) is 3.07. The summed E-state index contributed by atoms with van der Waals surface area (Å²) >= 11 is 0. The molecule has 6 nitrogen and oxygen atoms in total. The van der Waals surface area contributed by atoms with Crippen LogP contribution < -0.4 is 5.32 Å². The Morgan fingerprint density at radius 3 is 3.10 bits per heavy atom. The number of carbonyl (C=O) groups is 1. The number of esters is 1. The lowest BCUT2D eigenvalue weighted by Crippen LogP contribution is -2.03. The Bertz CT molecular complexity index is 744. The van der Waals surface area contributed by atoms with Gasteiger partial charge in [0, 0.05) is 16.8 Å². The topological polar surface area (TPSA) is 82.8 Å². The van der Waals surface area contributed by atoms with E-state index in [1.807, 2.05) is 24.3 Å². The average Bonchev–Trinajstić information content (AvgIpc) is 3.12. The largest absolute Gasteiger partial charge is 0.464 e. The molecule has 0 saturated carbocycles. The summed E-state index contributed by atoms with van der Waals surface area (Å²) in [6.07, 6.45) is 1.78. The first-order valence-electron chi connectivity index (χ1n) is 6.19. The molecule has 0 saturated heterocycles. The molecule has 0 amide bonds. The lowest BCUT2D eigenvalue weighted by atomic mass is 10.2. The van der Waals surface area contributed by atoms with E-state index in [1.54, 1.807) is 12.3 Å². The number of aromatic nitrogens is 3. The molecule has 3 N–H and O–H groups in total. The van der Waals surface area contributed by atoms with Crippen molar-refractivity contribution < 1.29 is 9.53 Å². The summed E-state index contributed by atoms with van der Waals surface area (Å²) in [4.78, 5) is 14.3. The Morgan fingerprint density at radius 2 is 2.25 bits per heavy atom. The molecule has 0 atom stereocenters. The van der Waals surface area contributed by atoms with Gasteiger partial charge in [-0.05, 0) is 30.3 Å². The molecule has 0 spiro atoms. The number of carbonyl (C=O) groups excluding carboxylic acids is 1. The average molecular weight is 270 g/mol. The van der Waals surface area contributed by atoms with Crippen LogP contribution in [0.5, 0.6) is 0 Å². The van der Waals surface area contributed by atoms with Gasteiger partial charge in [-0.1, -0.05) is 0 Å². The fourth-order valence-corrected chi connectivity index (χ4v) is 2.02. The number of ether oxygens (including phenoxy) is 1. The number of rotatable bonds is 4. The number of aromatic amines is 2. The molecule has 102 valence electrons. The zero-order valence-electron chi connectivity index (χ0n) is 10.9. The maximum atomic E-state index is 11.3. The molecule has 20 heavy (non-hydrogen) atoms. The van der Waals surface area contributed by atoms with E-state index in [4.69, 9.17) is 0 Å². The normalized spacial score (nSPS) is 10.7. The van der Waals surface area contributed by atoms with Crippen molar-refractivity contribution in [1.29, 1.82) is 0 Å². The van der Waals surface area contributed by atoms with Crippen LogP contribution in [-0.2, 0) is 11.3 Å². The summed E-state index contributed by atoms with van der Waals surface area (Å²) in [6.45, 7) is 0.598. The van der Waals surface area contributed by atoms with Crippen molar-refractivity contribution in [3.8, 4) is 0 Å². The number of nitrogens with one attached hydrogen (secondary N) is 3. The zero-order valence-corrected chi connectivity index (χ0v) is 10.9. The lowest BCUT2D eigenvalue weighted by Gasteiger charge is -2.05. The quantitative estimate of drug-likeness (QED) is 0.635. The number of nitrogens with zero attached hydrogens (tertiary/aromatic N) is 1. The van der Waals surface area contributed by atoms with E-state index in [2.05, 4.69) is 25.2 Å². The van der Waals surface area contributed by atoms with Crippen molar-refractivity contribution in [3.05, 3.63) is 47.9 Å². The predicted octanol–water partition coefficient (Wildman–Crippen LogP) is 2.29. The van der Waals surface area contributed by atoms with E-state index in [9.17, 15) is 4.79 Å². The van der Waals surface area contributed by atoms with Crippen LogP contribution in [0.2, 0.25) is 0 Å². The van der Waals surface area contributed by atoms with Gasteiger partial charge in [-0.3, -0.25) is 5.10 Å². The first-order valence-corrected chi connectivity index (χ1v) is 6.19. The maximum Gasteiger partial charge on any atom is 0.354 e. The molecule has 0 unspecified atom stereocenters. The van der Waals surface area contributed by atoms with Crippen molar-refractivity contribution in [1.82, 2.24) is 15.2 Å². The molecular formula is C14H14N4O2. The van der Waals surface area contributed by atoms with E-state index >= 15 is 0 Å². The molecular weight excluding hydrogens is 256 g/mol. The summed E-state index contributed by atoms with van der Waals surface area (Å²) in [5, 5.41) is 11.2. The molecule has 6 heteroatoms.